The summed E-state index contributed by atoms with van der Waals surface area (Å²) in [7, 11) is 1.22. The summed E-state index contributed by atoms with van der Waals surface area (Å²) in [5, 5.41) is 23.1. The third-order valence-corrected chi connectivity index (χ3v) is 4.03. The highest BCUT2D eigenvalue weighted by Crippen LogP contribution is 2.24. The van der Waals surface area contributed by atoms with Gasteiger partial charge in [-0.15, -0.1) is 10.2 Å². The molecule has 0 fully saturated rings. The number of nitrogens with one attached hydrogen (secondary N) is 4. The maximum atomic E-state index is 12.4. The zero-order valence-electron chi connectivity index (χ0n) is 15.8. The largest absolute Gasteiger partial charge is 0.488 e. The standard InChI is InChI=1S/C16H18F2N6O5S/c1-8(3-4-19)21-15-23-24-16(30-15)22-12(25)10-7-9(11(27-2)13(26)29-10)20-5-6-28-14(17)18/h3-4,7,14,19-20H,5-6H2,1-2H3,(H,21,23)(H,22,24,25)/b8-3-,19-4?. The van der Waals surface area contributed by atoms with Gasteiger partial charge in [-0.3, -0.25) is 10.1 Å². The van der Waals surface area contributed by atoms with Crippen LogP contribution in [0.2, 0.25) is 0 Å². The second kappa shape index (κ2) is 11.0. The van der Waals surface area contributed by atoms with Crippen molar-refractivity contribution in [2.75, 3.05) is 36.2 Å². The lowest BCUT2D eigenvalue weighted by molar-refractivity contribution is -0.125. The molecule has 14 heteroatoms. The van der Waals surface area contributed by atoms with Gasteiger partial charge in [-0.25, -0.2) is 4.79 Å². The van der Waals surface area contributed by atoms with Crippen LogP contribution in [0.3, 0.4) is 0 Å². The van der Waals surface area contributed by atoms with Gasteiger partial charge in [0.15, 0.2) is 5.76 Å². The van der Waals surface area contributed by atoms with Crippen molar-refractivity contribution >= 4 is 39.4 Å². The highest BCUT2D eigenvalue weighted by atomic mass is 32.1. The number of carbonyl (C=O) groups excluding carboxylic acids is 1. The van der Waals surface area contributed by atoms with Gasteiger partial charge in [0, 0.05) is 24.5 Å². The van der Waals surface area contributed by atoms with Gasteiger partial charge in [0.1, 0.15) is 0 Å². The van der Waals surface area contributed by atoms with Gasteiger partial charge >= 0.3 is 12.2 Å². The maximum Gasteiger partial charge on any atom is 0.381 e. The first kappa shape index (κ1) is 22.9. The highest BCUT2D eigenvalue weighted by Gasteiger charge is 2.19. The van der Waals surface area contributed by atoms with E-state index < -0.39 is 18.1 Å². The zero-order chi connectivity index (χ0) is 22.1. The van der Waals surface area contributed by atoms with Crippen LogP contribution >= 0.6 is 11.3 Å². The van der Waals surface area contributed by atoms with Crippen molar-refractivity contribution in [3.63, 3.8) is 0 Å². The van der Waals surface area contributed by atoms with Crippen LogP contribution in [-0.4, -0.2) is 49.2 Å². The minimum absolute atomic E-state index is 0.0702. The lowest BCUT2D eigenvalue weighted by Gasteiger charge is -2.11. The van der Waals surface area contributed by atoms with E-state index in [-0.39, 0.29) is 35.5 Å². The van der Waals surface area contributed by atoms with E-state index in [1.54, 1.807) is 6.92 Å². The number of hydrogen-bond acceptors (Lipinski definition) is 11. The number of aromatic nitrogens is 2. The van der Waals surface area contributed by atoms with Crippen molar-refractivity contribution in [3.8, 4) is 5.75 Å². The number of ether oxygens (including phenoxy) is 2. The molecule has 0 saturated heterocycles. The van der Waals surface area contributed by atoms with Crippen LogP contribution in [0.1, 0.15) is 17.5 Å². The predicted octanol–water partition coefficient (Wildman–Crippen LogP) is 2.37. The molecule has 0 aliphatic carbocycles. The molecule has 0 spiro atoms. The molecule has 1 amide bonds. The maximum absolute atomic E-state index is 12.4. The number of carbonyl (C=O) groups is 1. The molecular formula is C16H18F2N6O5S. The Morgan fingerprint density at radius 3 is 2.70 bits per heavy atom. The fourth-order valence-electron chi connectivity index (χ4n) is 2.07. The summed E-state index contributed by atoms with van der Waals surface area (Å²) in [6, 6.07) is 1.19. The van der Waals surface area contributed by atoms with Crippen LogP contribution in [0.4, 0.5) is 24.7 Å². The smallest absolute Gasteiger partial charge is 0.381 e. The Hall–Kier alpha value is -3.39. The number of rotatable bonds is 11. The predicted molar refractivity (Wildman–Crippen MR) is 106 cm³/mol. The first-order valence-corrected chi connectivity index (χ1v) is 9.10. The lowest BCUT2D eigenvalue weighted by Crippen LogP contribution is -2.19. The first-order chi connectivity index (χ1) is 14.3. The summed E-state index contributed by atoms with van der Waals surface area (Å²) in [6.07, 6.45) is 2.61. The number of nitrogens with zero attached hydrogens (tertiary/aromatic N) is 2. The Bertz CT molecular complexity index is 977. The van der Waals surface area contributed by atoms with Crippen molar-refractivity contribution < 1.29 is 27.5 Å². The Balaban J connectivity index is 2.11. The molecule has 162 valence electrons. The summed E-state index contributed by atoms with van der Waals surface area (Å²) < 4.78 is 38.1. The normalized spacial score (nSPS) is 11.3. The molecule has 0 bridgehead atoms. The van der Waals surface area contributed by atoms with Gasteiger partial charge in [-0.2, -0.15) is 8.78 Å². The molecule has 2 heterocycles. The summed E-state index contributed by atoms with van der Waals surface area (Å²) in [6.45, 7) is -1.61. The third-order valence-electron chi connectivity index (χ3n) is 3.28. The quantitative estimate of drug-likeness (QED) is 0.302. The van der Waals surface area contributed by atoms with Gasteiger partial charge in [-0.05, 0) is 13.0 Å². The fraction of sp³-hybridized carbons (Fsp3) is 0.312. The summed E-state index contributed by atoms with van der Waals surface area (Å²) >= 11 is 1.02. The molecule has 0 saturated carbocycles. The number of hydrogen-bond donors (Lipinski definition) is 4. The zero-order valence-corrected chi connectivity index (χ0v) is 16.6. The molecular weight excluding hydrogens is 426 g/mol. The van der Waals surface area contributed by atoms with Crippen LogP contribution in [0.25, 0.3) is 0 Å². The minimum atomic E-state index is -2.92. The number of methoxy groups -OCH3 is 1. The molecule has 0 atom stereocenters. The van der Waals surface area contributed by atoms with E-state index in [4.69, 9.17) is 14.6 Å². The average Bonchev–Trinajstić information content (AvgIpc) is 3.11. The Kier molecular flexibility index (Phi) is 8.37. The van der Waals surface area contributed by atoms with Crippen LogP contribution < -0.4 is 26.3 Å². The fourth-order valence-corrected chi connectivity index (χ4v) is 2.77. The van der Waals surface area contributed by atoms with Gasteiger partial charge < -0.3 is 29.9 Å². The molecule has 0 aromatic carbocycles. The lowest BCUT2D eigenvalue weighted by atomic mass is 10.3. The summed E-state index contributed by atoms with van der Waals surface area (Å²) in [5.74, 6) is -1.36. The van der Waals surface area contributed by atoms with Gasteiger partial charge in [0.2, 0.25) is 16.0 Å². The van der Waals surface area contributed by atoms with E-state index in [1.807, 2.05) is 0 Å². The van der Waals surface area contributed by atoms with Gasteiger partial charge in [0.05, 0.1) is 19.4 Å². The molecule has 11 nitrogen and oxygen atoms in total. The van der Waals surface area contributed by atoms with Crippen molar-refractivity contribution in [2.45, 2.75) is 13.5 Å². The van der Waals surface area contributed by atoms with Crippen LogP contribution in [0.5, 0.6) is 5.75 Å². The van der Waals surface area contributed by atoms with E-state index in [9.17, 15) is 18.4 Å². The van der Waals surface area contributed by atoms with Crippen molar-refractivity contribution in [1.29, 1.82) is 5.41 Å². The molecule has 0 radical (unpaired) electrons. The Morgan fingerprint density at radius 1 is 1.37 bits per heavy atom. The summed E-state index contributed by atoms with van der Waals surface area (Å²) in [5.41, 5.74) is -0.218. The second-order valence-corrected chi connectivity index (χ2v) is 6.39. The molecule has 0 unspecified atom stereocenters. The van der Waals surface area contributed by atoms with Crippen molar-refractivity contribution in [3.05, 3.63) is 34.0 Å². The van der Waals surface area contributed by atoms with Crippen molar-refractivity contribution in [1.82, 2.24) is 10.2 Å². The number of allylic oxidation sites excluding steroid dienone is 2. The average molecular weight is 444 g/mol. The Morgan fingerprint density at radius 2 is 2.07 bits per heavy atom. The molecule has 30 heavy (non-hydrogen) atoms. The molecule has 2 aromatic rings. The molecule has 4 N–H and O–H groups in total. The highest BCUT2D eigenvalue weighted by molar-refractivity contribution is 7.19. The molecule has 0 aliphatic heterocycles. The number of alkyl halides is 2. The first-order valence-electron chi connectivity index (χ1n) is 8.29. The Labute approximate surface area is 172 Å². The monoisotopic (exact) mass is 444 g/mol. The number of anilines is 3. The number of halogens is 2. The number of amides is 1. The van der Waals surface area contributed by atoms with Crippen molar-refractivity contribution in [2.24, 2.45) is 0 Å². The second-order valence-electron chi connectivity index (χ2n) is 5.41. The van der Waals surface area contributed by atoms with Gasteiger partial charge in [0.25, 0.3) is 5.91 Å². The van der Waals surface area contributed by atoms with E-state index >= 15 is 0 Å². The van der Waals surface area contributed by atoms with E-state index in [2.05, 4.69) is 30.9 Å². The molecule has 2 aromatic heterocycles. The third kappa shape index (κ3) is 6.59. The van der Waals surface area contributed by atoms with Crippen LogP contribution in [0, 0.1) is 5.41 Å². The van der Waals surface area contributed by atoms with Gasteiger partial charge in [-0.1, -0.05) is 11.3 Å². The topological polar surface area (TPSA) is 151 Å². The molecule has 2 rings (SSSR count). The van der Waals surface area contributed by atoms with Crippen LogP contribution in [0.15, 0.2) is 27.1 Å². The van der Waals surface area contributed by atoms with E-state index in [1.165, 1.54) is 19.3 Å². The SMILES string of the molecule is COc1c(NCCOC(F)F)cc(C(=O)Nc2nnc(N/C(C)=C\C=N)s2)oc1=O. The van der Waals surface area contributed by atoms with Crippen LogP contribution in [-0.2, 0) is 4.74 Å². The van der Waals surface area contributed by atoms with E-state index in [0.717, 1.165) is 17.6 Å². The van der Waals surface area contributed by atoms with E-state index in [0.29, 0.717) is 10.8 Å². The minimum Gasteiger partial charge on any atom is -0.488 e. The summed E-state index contributed by atoms with van der Waals surface area (Å²) in [4.78, 5) is 24.5. The molecule has 0 aliphatic rings.